The molecule has 3 rings (SSSR count). The average Bonchev–Trinajstić information content (AvgIpc) is 2.60. The number of carbonyl (C=O) groups is 2. The smallest absolute Gasteiger partial charge is 0.282 e. The van der Waals surface area contributed by atoms with E-state index in [-0.39, 0.29) is 11.3 Å². The molecular weight excluding hydrogens is 311 g/mol. The Morgan fingerprint density at radius 3 is 2.00 bits per heavy atom. The number of hydroxylamine groups is 1. The van der Waals surface area contributed by atoms with Crippen molar-refractivity contribution in [2.24, 2.45) is 5.73 Å². The highest BCUT2D eigenvalue weighted by Gasteiger charge is 2.16. The van der Waals surface area contributed by atoms with Gasteiger partial charge in [-0.15, -0.1) is 0 Å². The van der Waals surface area contributed by atoms with E-state index in [0.717, 1.165) is 22.9 Å². The van der Waals surface area contributed by atoms with Crippen molar-refractivity contribution in [3.63, 3.8) is 0 Å². The van der Waals surface area contributed by atoms with Gasteiger partial charge >= 0.3 is 0 Å². The highest BCUT2D eigenvalue weighted by atomic mass is 19.1. The third-order valence-electron chi connectivity index (χ3n) is 3.64. The van der Waals surface area contributed by atoms with Gasteiger partial charge in [0.15, 0.2) is 0 Å². The van der Waals surface area contributed by atoms with Crippen LogP contribution in [0.25, 0.3) is 10.8 Å². The number of nitrogens with zero attached hydrogens (tertiary/aromatic N) is 1. The van der Waals surface area contributed by atoms with Crippen molar-refractivity contribution in [2.75, 3.05) is 5.06 Å². The number of hydrogen-bond acceptors (Lipinski definition) is 3. The van der Waals surface area contributed by atoms with E-state index in [9.17, 15) is 19.2 Å². The molecule has 2 amide bonds. The van der Waals surface area contributed by atoms with Gasteiger partial charge in [0.25, 0.3) is 5.91 Å². The van der Waals surface area contributed by atoms with E-state index in [1.165, 1.54) is 18.2 Å². The molecule has 0 aliphatic heterocycles. The lowest BCUT2D eigenvalue weighted by Crippen LogP contribution is -2.26. The van der Waals surface area contributed by atoms with E-state index < -0.39 is 17.6 Å². The average molecular weight is 324 g/mol. The van der Waals surface area contributed by atoms with E-state index >= 15 is 0 Å². The molecule has 3 aromatic carbocycles. The Labute approximate surface area is 136 Å². The van der Waals surface area contributed by atoms with Crippen molar-refractivity contribution in [3.05, 3.63) is 77.6 Å². The highest BCUT2D eigenvalue weighted by Crippen LogP contribution is 2.21. The summed E-state index contributed by atoms with van der Waals surface area (Å²) in [6.07, 6.45) is 0. The third-order valence-corrected chi connectivity index (χ3v) is 3.64. The quantitative estimate of drug-likeness (QED) is 0.573. The van der Waals surface area contributed by atoms with E-state index in [2.05, 4.69) is 0 Å². The van der Waals surface area contributed by atoms with Crippen molar-refractivity contribution in [1.29, 1.82) is 0 Å². The lowest BCUT2D eigenvalue weighted by atomic mass is 10.0. The third kappa shape index (κ3) is 2.95. The van der Waals surface area contributed by atoms with Crippen LogP contribution >= 0.6 is 0 Å². The summed E-state index contributed by atoms with van der Waals surface area (Å²) in [5, 5.41) is 11.9. The Morgan fingerprint density at radius 2 is 1.42 bits per heavy atom. The van der Waals surface area contributed by atoms with Crippen LogP contribution in [0.4, 0.5) is 10.1 Å². The fraction of sp³-hybridized carbons (Fsp3) is 0. The van der Waals surface area contributed by atoms with E-state index in [1.807, 2.05) is 0 Å². The molecule has 0 spiro atoms. The molecule has 0 aliphatic carbocycles. The maximum absolute atomic E-state index is 12.9. The van der Waals surface area contributed by atoms with Gasteiger partial charge in [0.2, 0.25) is 5.91 Å². The second-order valence-corrected chi connectivity index (χ2v) is 5.23. The Balaban J connectivity index is 1.93. The summed E-state index contributed by atoms with van der Waals surface area (Å²) in [7, 11) is 0. The Kier molecular flexibility index (Phi) is 3.97. The maximum atomic E-state index is 12.9. The first-order valence-electron chi connectivity index (χ1n) is 7.08. The monoisotopic (exact) mass is 324 g/mol. The minimum absolute atomic E-state index is 0.158. The molecule has 0 unspecified atom stereocenters. The van der Waals surface area contributed by atoms with Crippen molar-refractivity contribution in [2.45, 2.75) is 0 Å². The number of benzene rings is 3. The first kappa shape index (κ1) is 15.6. The Bertz CT molecular complexity index is 939. The lowest BCUT2D eigenvalue weighted by Gasteiger charge is -2.15. The number of fused-ring (bicyclic) bond motifs is 1. The van der Waals surface area contributed by atoms with Gasteiger partial charge in [-0.2, -0.15) is 5.06 Å². The molecule has 24 heavy (non-hydrogen) atoms. The van der Waals surface area contributed by atoms with Crippen LogP contribution < -0.4 is 10.8 Å². The number of carbonyl (C=O) groups excluding carboxylic acids is 2. The van der Waals surface area contributed by atoms with Gasteiger partial charge in [0.05, 0.1) is 5.69 Å². The predicted octanol–water partition coefficient (Wildman–Crippen LogP) is 3.11. The largest absolute Gasteiger partial charge is 0.366 e. The Morgan fingerprint density at radius 1 is 0.875 bits per heavy atom. The number of nitrogens with two attached hydrogens (primary N) is 1. The van der Waals surface area contributed by atoms with E-state index in [4.69, 9.17) is 5.73 Å². The molecule has 3 N–H and O–H groups in total. The van der Waals surface area contributed by atoms with Gasteiger partial charge in [-0.1, -0.05) is 12.1 Å². The van der Waals surface area contributed by atoms with Gasteiger partial charge in [0, 0.05) is 11.1 Å². The summed E-state index contributed by atoms with van der Waals surface area (Å²) >= 11 is 0. The lowest BCUT2D eigenvalue weighted by molar-refractivity contribution is 0.0854. The molecule has 0 aromatic heterocycles. The first-order valence-corrected chi connectivity index (χ1v) is 7.08. The van der Waals surface area contributed by atoms with Crippen molar-refractivity contribution < 1.29 is 19.2 Å². The van der Waals surface area contributed by atoms with Crippen molar-refractivity contribution >= 4 is 28.3 Å². The molecule has 0 bridgehead atoms. The zero-order valence-electron chi connectivity index (χ0n) is 12.4. The zero-order chi connectivity index (χ0) is 17.3. The second kappa shape index (κ2) is 6.10. The van der Waals surface area contributed by atoms with Crippen LogP contribution in [0.5, 0.6) is 0 Å². The van der Waals surface area contributed by atoms with Gasteiger partial charge in [0.1, 0.15) is 5.82 Å². The number of primary amides is 1. The molecule has 0 atom stereocenters. The predicted molar refractivity (Wildman–Crippen MR) is 87.5 cm³/mol. The SMILES string of the molecule is NC(=O)c1ccc2cc(C(=O)N(O)c3ccc(F)cc3)ccc2c1. The zero-order valence-corrected chi connectivity index (χ0v) is 12.4. The van der Waals surface area contributed by atoms with Crippen LogP contribution in [0.2, 0.25) is 0 Å². The minimum atomic E-state index is -0.650. The normalized spacial score (nSPS) is 10.6. The molecule has 0 fully saturated rings. The fourth-order valence-corrected chi connectivity index (χ4v) is 2.35. The summed E-state index contributed by atoms with van der Waals surface area (Å²) in [6, 6.07) is 14.5. The molecule has 120 valence electrons. The van der Waals surface area contributed by atoms with Crippen LogP contribution in [0.3, 0.4) is 0 Å². The van der Waals surface area contributed by atoms with Crippen LogP contribution in [0, 0.1) is 5.82 Å². The fourth-order valence-electron chi connectivity index (χ4n) is 2.35. The van der Waals surface area contributed by atoms with E-state index in [0.29, 0.717) is 10.6 Å². The molecular formula is C18H13FN2O3. The first-order chi connectivity index (χ1) is 11.5. The number of anilines is 1. The minimum Gasteiger partial charge on any atom is -0.366 e. The number of halogens is 1. The summed E-state index contributed by atoms with van der Waals surface area (Å²) in [6.45, 7) is 0. The molecule has 0 heterocycles. The summed E-state index contributed by atoms with van der Waals surface area (Å²) in [5.74, 6) is -1.65. The van der Waals surface area contributed by atoms with Crippen LogP contribution in [0.15, 0.2) is 60.7 Å². The maximum Gasteiger partial charge on any atom is 0.282 e. The van der Waals surface area contributed by atoms with Gasteiger partial charge in [-0.05, 0) is 59.3 Å². The highest BCUT2D eigenvalue weighted by molar-refractivity contribution is 6.07. The molecule has 0 aliphatic rings. The molecule has 3 aromatic rings. The summed E-state index contributed by atoms with van der Waals surface area (Å²) < 4.78 is 12.9. The molecule has 0 radical (unpaired) electrons. The molecule has 0 saturated heterocycles. The summed E-state index contributed by atoms with van der Waals surface area (Å²) in [5.41, 5.74) is 6.02. The van der Waals surface area contributed by atoms with Gasteiger partial charge in [-0.25, -0.2) is 4.39 Å². The number of rotatable bonds is 3. The Hall–Kier alpha value is -3.25. The summed E-state index contributed by atoms with van der Waals surface area (Å²) in [4.78, 5) is 23.5. The van der Waals surface area contributed by atoms with E-state index in [1.54, 1.807) is 30.3 Å². The molecule has 6 heteroatoms. The molecule has 5 nitrogen and oxygen atoms in total. The number of hydrogen-bond donors (Lipinski definition) is 2. The van der Waals surface area contributed by atoms with Crippen LogP contribution in [0.1, 0.15) is 20.7 Å². The van der Waals surface area contributed by atoms with Crippen LogP contribution in [-0.4, -0.2) is 17.0 Å². The van der Waals surface area contributed by atoms with Crippen LogP contribution in [-0.2, 0) is 0 Å². The molecule has 0 saturated carbocycles. The van der Waals surface area contributed by atoms with Gasteiger partial charge < -0.3 is 5.73 Å². The van der Waals surface area contributed by atoms with Crippen molar-refractivity contribution in [1.82, 2.24) is 0 Å². The second-order valence-electron chi connectivity index (χ2n) is 5.23. The van der Waals surface area contributed by atoms with Gasteiger partial charge in [-0.3, -0.25) is 14.8 Å². The van der Waals surface area contributed by atoms with Crippen molar-refractivity contribution in [3.8, 4) is 0 Å². The number of amides is 2. The topological polar surface area (TPSA) is 83.6 Å². The standard InChI is InChI=1S/C18H13FN2O3/c19-15-5-7-16(8-6-15)21(24)18(23)14-4-2-11-9-13(17(20)22)3-1-12(11)10-14/h1-10,24H,(H2,20,22).